The van der Waals surface area contributed by atoms with Gasteiger partial charge in [0.05, 0.1) is 6.61 Å². The second-order valence-electron chi connectivity index (χ2n) is 6.71. The first kappa shape index (κ1) is 21.8. The lowest BCUT2D eigenvalue weighted by Gasteiger charge is -2.28. The molecule has 0 saturated heterocycles. The number of carbonyl (C=O) groups is 2. The number of aryl methyl sites for hydroxylation is 1. The number of carbonyl (C=O) groups excluding carboxylic acids is 2. The molecule has 2 aromatic carbocycles. The first-order valence-corrected chi connectivity index (χ1v) is 9.73. The van der Waals surface area contributed by atoms with Gasteiger partial charge in [-0.15, -0.1) is 0 Å². The molecule has 6 heteroatoms. The highest BCUT2D eigenvalue weighted by molar-refractivity contribution is 6.30. The van der Waals surface area contributed by atoms with Crippen LogP contribution >= 0.6 is 11.6 Å². The van der Waals surface area contributed by atoms with Crippen LogP contribution in [0.5, 0.6) is 5.75 Å². The number of nitrogens with zero attached hydrogens (tertiary/aromatic N) is 1. The number of amides is 2. The van der Waals surface area contributed by atoms with E-state index in [1.807, 2.05) is 43.3 Å². The maximum Gasteiger partial charge on any atom is 0.242 e. The van der Waals surface area contributed by atoms with Crippen LogP contribution in [0, 0.1) is 6.92 Å². The summed E-state index contributed by atoms with van der Waals surface area (Å²) in [6, 6.07) is 14.5. The summed E-state index contributed by atoms with van der Waals surface area (Å²) in [6.45, 7) is 4.51. The molecule has 0 radical (unpaired) electrons. The minimum atomic E-state index is -0.575. The Morgan fingerprint density at radius 3 is 2.54 bits per heavy atom. The summed E-state index contributed by atoms with van der Waals surface area (Å²) in [5.41, 5.74) is 2.05. The summed E-state index contributed by atoms with van der Waals surface area (Å²) in [6.07, 6.45) is 0.868. The molecule has 0 unspecified atom stereocenters. The van der Waals surface area contributed by atoms with Gasteiger partial charge in [0.1, 0.15) is 11.8 Å². The quantitative estimate of drug-likeness (QED) is 0.645. The van der Waals surface area contributed by atoms with E-state index in [9.17, 15) is 9.59 Å². The average molecular weight is 403 g/mol. The fourth-order valence-electron chi connectivity index (χ4n) is 2.82. The maximum absolute atomic E-state index is 12.8. The molecule has 0 aliphatic heterocycles. The monoisotopic (exact) mass is 402 g/mol. The van der Waals surface area contributed by atoms with Crippen LogP contribution in [0.15, 0.2) is 48.5 Å². The number of halogens is 1. The summed E-state index contributed by atoms with van der Waals surface area (Å²) in [4.78, 5) is 26.5. The zero-order chi connectivity index (χ0) is 20.5. The van der Waals surface area contributed by atoms with E-state index in [2.05, 4.69) is 5.32 Å². The van der Waals surface area contributed by atoms with Crippen LogP contribution in [0.1, 0.15) is 30.9 Å². The van der Waals surface area contributed by atoms with Crippen LogP contribution in [-0.4, -0.2) is 36.4 Å². The highest BCUT2D eigenvalue weighted by Gasteiger charge is 2.25. The summed E-state index contributed by atoms with van der Waals surface area (Å²) in [7, 11) is 1.57. The number of hydrogen-bond acceptors (Lipinski definition) is 3. The Balaban J connectivity index is 1.95. The number of likely N-dealkylation sites (N-methyl/N-ethyl adjacent to an activating group) is 1. The third-order valence-electron chi connectivity index (χ3n) is 4.48. The highest BCUT2D eigenvalue weighted by atomic mass is 35.5. The minimum Gasteiger partial charge on any atom is -0.494 e. The largest absolute Gasteiger partial charge is 0.494 e. The predicted molar refractivity (Wildman–Crippen MR) is 111 cm³/mol. The molecule has 2 rings (SSSR count). The number of hydrogen-bond donors (Lipinski definition) is 1. The molecule has 1 N–H and O–H groups in total. The van der Waals surface area contributed by atoms with Gasteiger partial charge < -0.3 is 15.0 Å². The number of rotatable bonds is 9. The van der Waals surface area contributed by atoms with E-state index < -0.39 is 6.04 Å². The van der Waals surface area contributed by atoms with Crippen LogP contribution < -0.4 is 10.1 Å². The van der Waals surface area contributed by atoms with Crippen molar-refractivity contribution in [2.24, 2.45) is 0 Å². The lowest BCUT2D eigenvalue weighted by atomic mass is 10.1. The Bertz CT molecular complexity index is 793. The third-order valence-corrected chi connectivity index (χ3v) is 4.72. The van der Waals surface area contributed by atoms with E-state index in [0.29, 0.717) is 31.0 Å². The zero-order valence-corrected chi connectivity index (χ0v) is 17.3. The van der Waals surface area contributed by atoms with Crippen molar-refractivity contribution in [1.82, 2.24) is 10.2 Å². The molecular formula is C22H27ClN2O3. The average Bonchev–Trinajstić information content (AvgIpc) is 2.69. The van der Waals surface area contributed by atoms with Crippen LogP contribution in [0.25, 0.3) is 0 Å². The van der Waals surface area contributed by atoms with Crippen molar-refractivity contribution in [3.8, 4) is 5.75 Å². The Morgan fingerprint density at radius 1 is 1.18 bits per heavy atom. The van der Waals surface area contributed by atoms with Crippen LogP contribution in [0.3, 0.4) is 0 Å². The standard InChI is InChI=1S/C22H27ClN2O3/c1-16-9-11-20(12-10-16)28-13-5-8-21(26)25(17(2)22(27)24-3)15-18-6-4-7-19(23)14-18/h4,6-7,9-12,14,17H,5,8,13,15H2,1-3H3,(H,24,27)/t17-/m0/s1. The molecule has 1 atom stereocenters. The second kappa shape index (κ2) is 10.7. The van der Waals surface area contributed by atoms with Crippen molar-refractivity contribution in [1.29, 1.82) is 0 Å². The van der Waals surface area contributed by atoms with Crippen LogP contribution in [0.4, 0.5) is 0 Å². The Labute approximate surface area is 171 Å². The molecule has 0 aliphatic rings. The van der Waals surface area contributed by atoms with Gasteiger partial charge in [0.2, 0.25) is 11.8 Å². The summed E-state index contributed by atoms with van der Waals surface area (Å²) in [5, 5.41) is 3.21. The summed E-state index contributed by atoms with van der Waals surface area (Å²) < 4.78 is 5.69. The van der Waals surface area contributed by atoms with Crippen molar-refractivity contribution in [2.45, 2.75) is 39.3 Å². The number of benzene rings is 2. The normalized spacial score (nSPS) is 11.6. The van der Waals surface area contributed by atoms with Crippen molar-refractivity contribution >= 4 is 23.4 Å². The SMILES string of the molecule is CNC(=O)[C@H](C)N(Cc1cccc(Cl)c1)C(=O)CCCOc1ccc(C)cc1. The molecule has 0 spiro atoms. The van der Waals surface area contributed by atoms with Gasteiger partial charge in [-0.05, 0) is 50.1 Å². The van der Waals surface area contributed by atoms with Gasteiger partial charge in [-0.3, -0.25) is 9.59 Å². The molecular weight excluding hydrogens is 376 g/mol. The first-order valence-electron chi connectivity index (χ1n) is 9.35. The molecule has 2 amide bonds. The molecule has 0 fully saturated rings. The lowest BCUT2D eigenvalue weighted by Crippen LogP contribution is -2.46. The van der Waals surface area contributed by atoms with Gasteiger partial charge in [-0.25, -0.2) is 0 Å². The van der Waals surface area contributed by atoms with E-state index in [-0.39, 0.29) is 11.8 Å². The van der Waals surface area contributed by atoms with Crippen molar-refractivity contribution in [3.05, 3.63) is 64.7 Å². The Kier molecular flexibility index (Phi) is 8.33. The third kappa shape index (κ3) is 6.57. The predicted octanol–water partition coefficient (Wildman–Crippen LogP) is 3.97. The zero-order valence-electron chi connectivity index (χ0n) is 16.6. The van der Waals surface area contributed by atoms with Gasteiger partial charge >= 0.3 is 0 Å². The lowest BCUT2D eigenvalue weighted by molar-refractivity contribution is -0.140. The molecule has 2 aromatic rings. The van der Waals surface area contributed by atoms with Gasteiger partial charge in [-0.1, -0.05) is 41.4 Å². The highest BCUT2D eigenvalue weighted by Crippen LogP contribution is 2.16. The number of nitrogens with one attached hydrogen (secondary N) is 1. The van der Waals surface area contributed by atoms with E-state index in [1.54, 1.807) is 31.0 Å². The first-order chi connectivity index (χ1) is 13.4. The number of ether oxygens (including phenoxy) is 1. The van der Waals surface area contributed by atoms with Crippen molar-refractivity contribution in [3.63, 3.8) is 0 Å². The van der Waals surface area contributed by atoms with Crippen LogP contribution in [0.2, 0.25) is 5.02 Å². The summed E-state index contributed by atoms with van der Waals surface area (Å²) >= 11 is 6.05. The maximum atomic E-state index is 12.8. The molecule has 150 valence electrons. The van der Waals surface area contributed by atoms with E-state index in [1.165, 1.54) is 5.56 Å². The molecule has 5 nitrogen and oxygen atoms in total. The topological polar surface area (TPSA) is 58.6 Å². The summed E-state index contributed by atoms with van der Waals surface area (Å²) in [5.74, 6) is 0.488. The van der Waals surface area contributed by atoms with Crippen LogP contribution in [-0.2, 0) is 16.1 Å². The van der Waals surface area contributed by atoms with Gasteiger partial charge in [0.15, 0.2) is 0 Å². The molecule has 28 heavy (non-hydrogen) atoms. The van der Waals surface area contributed by atoms with Gasteiger partial charge in [-0.2, -0.15) is 0 Å². The molecule has 0 aromatic heterocycles. The second-order valence-corrected chi connectivity index (χ2v) is 7.14. The molecule has 0 saturated carbocycles. The van der Waals surface area contributed by atoms with Gasteiger partial charge in [0, 0.05) is 25.0 Å². The van der Waals surface area contributed by atoms with E-state index in [4.69, 9.17) is 16.3 Å². The van der Waals surface area contributed by atoms with E-state index in [0.717, 1.165) is 11.3 Å². The minimum absolute atomic E-state index is 0.0939. The molecule has 0 bridgehead atoms. The van der Waals surface area contributed by atoms with Gasteiger partial charge in [0.25, 0.3) is 0 Å². The Morgan fingerprint density at radius 2 is 1.89 bits per heavy atom. The smallest absolute Gasteiger partial charge is 0.242 e. The van der Waals surface area contributed by atoms with E-state index >= 15 is 0 Å². The molecule has 0 aliphatic carbocycles. The fraction of sp³-hybridized carbons (Fsp3) is 0.364. The Hall–Kier alpha value is -2.53. The molecule has 0 heterocycles. The van der Waals surface area contributed by atoms with Crippen molar-refractivity contribution in [2.75, 3.05) is 13.7 Å². The fourth-order valence-corrected chi connectivity index (χ4v) is 3.03. The van der Waals surface area contributed by atoms with Crippen molar-refractivity contribution < 1.29 is 14.3 Å².